The molecule has 2 N–H and O–H groups in total. The van der Waals surface area contributed by atoms with Crippen LogP contribution in [0.2, 0.25) is 5.02 Å². The quantitative estimate of drug-likeness (QED) is 0.248. The number of aliphatic hydroxyl groups is 1. The van der Waals surface area contributed by atoms with Crippen molar-refractivity contribution in [2.75, 3.05) is 19.1 Å². The number of Topliss-reactive ketones (excluding diaryl/α,β-unsaturated/α-hetero) is 1. The largest absolute Gasteiger partial charge is 0.507 e. The highest BCUT2D eigenvalue weighted by Gasteiger charge is 2.47. The van der Waals surface area contributed by atoms with Crippen LogP contribution >= 0.6 is 11.6 Å². The van der Waals surface area contributed by atoms with Gasteiger partial charge in [0.15, 0.2) is 0 Å². The molecule has 1 aliphatic rings. The van der Waals surface area contributed by atoms with Crippen molar-refractivity contribution in [2.24, 2.45) is 0 Å². The van der Waals surface area contributed by atoms with Gasteiger partial charge in [-0.3, -0.25) is 14.5 Å². The van der Waals surface area contributed by atoms with E-state index in [-0.39, 0.29) is 28.0 Å². The van der Waals surface area contributed by atoms with E-state index in [9.17, 15) is 19.8 Å². The van der Waals surface area contributed by atoms with Crippen molar-refractivity contribution < 1.29 is 29.3 Å². The van der Waals surface area contributed by atoms with Gasteiger partial charge in [-0.1, -0.05) is 37.6 Å². The van der Waals surface area contributed by atoms with Crippen molar-refractivity contribution >= 4 is 34.7 Å². The summed E-state index contributed by atoms with van der Waals surface area (Å²) in [7, 11) is 3.06. The van der Waals surface area contributed by atoms with Crippen molar-refractivity contribution in [1.29, 1.82) is 0 Å². The third-order valence-corrected chi connectivity index (χ3v) is 6.49. The van der Waals surface area contributed by atoms with E-state index in [1.807, 2.05) is 13.8 Å². The molecular weight excluding hydrogens is 482 g/mol. The summed E-state index contributed by atoms with van der Waals surface area (Å²) in [4.78, 5) is 28.0. The van der Waals surface area contributed by atoms with Crippen LogP contribution in [-0.4, -0.2) is 36.1 Å². The van der Waals surface area contributed by atoms with E-state index in [1.54, 1.807) is 55.6 Å². The fourth-order valence-corrected chi connectivity index (χ4v) is 4.55. The summed E-state index contributed by atoms with van der Waals surface area (Å²) in [6.07, 6.45) is 0. The number of phenols is 1. The van der Waals surface area contributed by atoms with Gasteiger partial charge in [0.2, 0.25) is 0 Å². The van der Waals surface area contributed by atoms with Gasteiger partial charge in [0, 0.05) is 17.3 Å². The number of aliphatic hydroxyl groups excluding tert-OH is 1. The van der Waals surface area contributed by atoms with E-state index < -0.39 is 17.7 Å². The zero-order valence-electron chi connectivity index (χ0n) is 20.3. The van der Waals surface area contributed by atoms with Gasteiger partial charge in [0.1, 0.15) is 23.0 Å². The summed E-state index contributed by atoms with van der Waals surface area (Å²) in [5.41, 5.74) is 1.97. The van der Waals surface area contributed by atoms with Crippen LogP contribution < -0.4 is 14.4 Å². The minimum Gasteiger partial charge on any atom is -0.507 e. The summed E-state index contributed by atoms with van der Waals surface area (Å²) in [5, 5.41) is 21.4. The van der Waals surface area contributed by atoms with Crippen molar-refractivity contribution in [3.63, 3.8) is 0 Å². The highest BCUT2D eigenvalue weighted by Crippen LogP contribution is 2.44. The number of hydrogen-bond acceptors (Lipinski definition) is 6. The SMILES string of the molecule is COc1cccc(N2C(=O)C(=O)/C(=C(\O)c3ccc(OC)c(C(C)C)c3)C2c2ccc(O)c(Cl)c2)c1. The van der Waals surface area contributed by atoms with E-state index >= 15 is 0 Å². The summed E-state index contributed by atoms with van der Waals surface area (Å²) in [5.74, 6) is -0.886. The highest BCUT2D eigenvalue weighted by atomic mass is 35.5. The van der Waals surface area contributed by atoms with Crippen LogP contribution in [0, 0.1) is 0 Å². The van der Waals surface area contributed by atoms with Gasteiger partial charge < -0.3 is 19.7 Å². The van der Waals surface area contributed by atoms with Crippen molar-refractivity contribution in [2.45, 2.75) is 25.8 Å². The third kappa shape index (κ3) is 4.38. The van der Waals surface area contributed by atoms with Gasteiger partial charge in [-0.05, 0) is 59.5 Å². The van der Waals surface area contributed by atoms with Crippen molar-refractivity contribution in [1.82, 2.24) is 0 Å². The first-order valence-corrected chi connectivity index (χ1v) is 11.7. The average molecular weight is 508 g/mol. The number of methoxy groups -OCH3 is 2. The fourth-order valence-electron chi connectivity index (χ4n) is 4.36. The Labute approximate surface area is 214 Å². The number of carbonyl (C=O) groups excluding carboxylic acids is 2. The number of carbonyl (C=O) groups is 2. The summed E-state index contributed by atoms with van der Waals surface area (Å²) in [6, 6.07) is 15.2. The lowest BCUT2D eigenvalue weighted by molar-refractivity contribution is -0.132. The zero-order chi connectivity index (χ0) is 26.1. The Morgan fingerprint density at radius 3 is 2.39 bits per heavy atom. The fraction of sp³-hybridized carbons (Fsp3) is 0.214. The maximum atomic E-state index is 13.4. The van der Waals surface area contributed by atoms with Crippen LogP contribution in [-0.2, 0) is 9.59 Å². The molecule has 1 unspecified atom stereocenters. The van der Waals surface area contributed by atoms with Crippen LogP contribution in [0.25, 0.3) is 5.76 Å². The van der Waals surface area contributed by atoms with E-state index in [1.165, 1.54) is 24.1 Å². The molecule has 36 heavy (non-hydrogen) atoms. The van der Waals surface area contributed by atoms with Crippen LogP contribution in [0.1, 0.15) is 42.5 Å². The zero-order valence-corrected chi connectivity index (χ0v) is 21.0. The lowest BCUT2D eigenvalue weighted by Gasteiger charge is -2.26. The Morgan fingerprint density at radius 1 is 1.00 bits per heavy atom. The molecule has 1 fully saturated rings. The molecule has 0 spiro atoms. The third-order valence-electron chi connectivity index (χ3n) is 6.19. The van der Waals surface area contributed by atoms with Crippen molar-refractivity contribution in [3.8, 4) is 17.2 Å². The Bertz CT molecular complexity index is 1380. The molecule has 0 bridgehead atoms. The number of hydrogen-bond donors (Lipinski definition) is 2. The van der Waals surface area contributed by atoms with Crippen LogP contribution in [0.15, 0.2) is 66.2 Å². The molecule has 4 rings (SSSR count). The number of ketones is 1. The van der Waals surface area contributed by atoms with Gasteiger partial charge in [0.25, 0.3) is 11.7 Å². The second-order valence-electron chi connectivity index (χ2n) is 8.69. The Balaban J connectivity index is 1.97. The Hall–Kier alpha value is -3.97. The lowest BCUT2D eigenvalue weighted by atomic mass is 9.93. The highest BCUT2D eigenvalue weighted by molar-refractivity contribution is 6.51. The smallest absolute Gasteiger partial charge is 0.300 e. The molecule has 3 aromatic carbocycles. The van der Waals surface area contributed by atoms with E-state index in [0.717, 1.165) is 5.56 Å². The summed E-state index contributed by atoms with van der Waals surface area (Å²) in [6.45, 7) is 3.98. The first kappa shape index (κ1) is 25.1. The molecule has 1 amide bonds. The number of ether oxygens (including phenoxy) is 2. The molecule has 186 valence electrons. The second kappa shape index (κ2) is 9.95. The molecule has 0 radical (unpaired) electrons. The molecule has 1 heterocycles. The molecule has 0 aromatic heterocycles. The predicted octanol–water partition coefficient (Wildman–Crippen LogP) is 5.81. The molecular formula is C28H26ClNO6. The average Bonchev–Trinajstić information content (AvgIpc) is 3.15. The van der Waals surface area contributed by atoms with Gasteiger partial charge in [-0.2, -0.15) is 0 Å². The van der Waals surface area contributed by atoms with Crippen molar-refractivity contribution in [3.05, 3.63) is 87.9 Å². The minimum absolute atomic E-state index is 0.0512. The number of phenolic OH excluding ortho intramolecular Hbond substituents is 1. The number of halogens is 1. The molecule has 0 aliphatic carbocycles. The van der Waals surface area contributed by atoms with Crippen LogP contribution in [0.4, 0.5) is 5.69 Å². The second-order valence-corrected chi connectivity index (χ2v) is 9.10. The lowest BCUT2D eigenvalue weighted by Crippen LogP contribution is -2.29. The van der Waals surface area contributed by atoms with Crippen LogP contribution in [0.3, 0.4) is 0 Å². The summed E-state index contributed by atoms with van der Waals surface area (Å²) < 4.78 is 10.7. The number of aromatic hydroxyl groups is 1. The molecule has 0 saturated carbocycles. The normalized spacial score (nSPS) is 17.1. The number of benzene rings is 3. The number of amides is 1. The molecule has 1 saturated heterocycles. The van der Waals surface area contributed by atoms with Gasteiger partial charge >= 0.3 is 0 Å². The molecule has 3 aromatic rings. The van der Waals surface area contributed by atoms with E-state index in [4.69, 9.17) is 21.1 Å². The van der Waals surface area contributed by atoms with Crippen LogP contribution in [0.5, 0.6) is 17.2 Å². The molecule has 1 aliphatic heterocycles. The summed E-state index contributed by atoms with van der Waals surface area (Å²) >= 11 is 6.19. The number of rotatable bonds is 6. The minimum atomic E-state index is -1.00. The first-order chi connectivity index (χ1) is 17.2. The van der Waals surface area contributed by atoms with E-state index in [0.29, 0.717) is 28.3 Å². The molecule has 8 heteroatoms. The first-order valence-electron chi connectivity index (χ1n) is 11.3. The van der Waals surface area contributed by atoms with Gasteiger partial charge in [-0.15, -0.1) is 0 Å². The Morgan fingerprint density at radius 2 is 1.75 bits per heavy atom. The maximum Gasteiger partial charge on any atom is 0.300 e. The van der Waals surface area contributed by atoms with Gasteiger partial charge in [0.05, 0.1) is 30.9 Å². The Kier molecular flexibility index (Phi) is 6.95. The standard InChI is InChI=1S/C28H26ClNO6/c1-15(2)20-12-17(9-11-23(20)36-4)26(32)24-25(16-8-10-22(31)21(29)13-16)30(28(34)27(24)33)18-6-5-7-19(14-18)35-3/h5-15,25,31-32H,1-4H3/b26-24-. The molecule has 1 atom stereocenters. The topological polar surface area (TPSA) is 96.3 Å². The number of anilines is 1. The van der Waals surface area contributed by atoms with E-state index in [2.05, 4.69) is 0 Å². The monoisotopic (exact) mass is 507 g/mol. The predicted molar refractivity (Wildman–Crippen MR) is 138 cm³/mol. The van der Waals surface area contributed by atoms with Gasteiger partial charge in [-0.25, -0.2) is 0 Å². The number of nitrogens with zero attached hydrogens (tertiary/aromatic N) is 1. The molecule has 7 nitrogen and oxygen atoms in total. The maximum absolute atomic E-state index is 13.4.